The van der Waals surface area contributed by atoms with E-state index < -0.39 is 17.4 Å². The summed E-state index contributed by atoms with van der Waals surface area (Å²) < 4.78 is 0. The van der Waals surface area contributed by atoms with E-state index in [0.717, 1.165) is 25.9 Å². The minimum absolute atomic E-state index is 0.138. The number of anilines is 4. The molecular weight excluding hydrogens is 412 g/mol. The Morgan fingerprint density at radius 2 is 1.81 bits per heavy atom. The largest absolute Gasteiger partial charge is 0.342 e. The molecule has 4 N–H and O–H groups in total. The first-order valence-corrected chi connectivity index (χ1v) is 10.7. The Morgan fingerprint density at radius 3 is 2.47 bits per heavy atom. The molecule has 1 fully saturated rings. The molecule has 32 heavy (non-hydrogen) atoms. The number of nitrogens with one attached hydrogen (secondary N) is 4. The number of nitrogens with zero attached hydrogens (tertiary/aromatic N) is 2. The van der Waals surface area contributed by atoms with Gasteiger partial charge in [0.2, 0.25) is 23.7 Å². The summed E-state index contributed by atoms with van der Waals surface area (Å²) in [6.45, 7) is 5.10. The summed E-state index contributed by atoms with van der Waals surface area (Å²) in [6, 6.07) is 6.57. The minimum Gasteiger partial charge on any atom is -0.342 e. The third-order valence-electron chi connectivity index (χ3n) is 5.68. The molecule has 10 heteroatoms. The lowest BCUT2D eigenvalue weighted by Gasteiger charge is -2.32. The zero-order valence-electron chi connectivity index (χ0n) is 18.0. The van der Waals surface area contributed by atoms with Crippen molar-refractivity contribution in [1.82, 2.24) is 9.97 Å². The van der Waals surface area contributed by atoms with Gasteiger partial charge in [-0.15, -0.1) is 0 Å². The third kappa shape index (κ3) is 4.63. The SMILES string of the molecule is CC(=O)Nc1ccc(NC(=O)C2CC(=O)Nc3nc(N4CCCC(C)C4)[nH]c(=O)c32)cc1. The molecule has 0 radical (unpaired) electrons. The molecule has 1 aromatic heterocycles. The van der Waals surface area contributed by atoms with Gasteiger partial charge in [-0.25, -0.2) is 0 Å². The molecule has 168 valence electrons. The quantitative estimate of drug-likeness (QED) is 0.577. The number of amides is 3. The summed E-state index contributed by atoms with van der Waals surface area (Å²) in [5.41, 5.74) is 0.813. The molecule has 1 aromatic carbocycles. The molecule has 2 aliphatic rings. The van der Waals surface area contributed by atoms with Crippen LogP contribution >= 0.6 is 0 Å². The second kappa shape index (κ2) is 8.81. The van der Waals surface area contributed by atoms with E-state index in [4.69, 9.17) is 0 Å². The molecule has 0 bridgehead atoms. The van der Waals surface area contributed by atoms with E-state index in [1.807, 2.05) is 4.90 Å². The van der Waals surface area contributed by atoms with Crippen molar-refractivity contribution >= 4 is 40.9 Å². The van der Waals surface area contributed by atoms with Crippen LogP contribution in [0.5, 0.6) is 0 Å². The Labute approximate surface area is 184 Å². The highest BCUT2D eigenvalue weighted by Gasteiger charge is 2.35. The van der Waals surface area contributed by atoms with Crippen LogP contribution in [0.1, 0.15) is 44.6 Å². The minimum atomic E-state index is -0.959. The fourth-order valence-electron chi connectivity index (χ4n) is 4.18. The van der Waals surface area contributed by atoms with Crippen molar-refractivity contribution in [3.63, 3.8) is 0 Å². The number of piperidine rings is 1. The predicted octanol–water partition coefficient (Wildman–Crippen LogP) is 2.03. The molecular formula is C22H26N6O4. The number of H-pyrrole nitrogens is 1. The second-order valence-corrected chi connectivity index (χ2v) is 8.40. The van der Waals surface area contributed by atoms with Gasteiger partial charge in [-0.2, -0.15) is 4.98 Å². The third-order valence-corrected chi connectivity index (χ3v) is 5.68. The van der Waals surface area contributed by atoms with Crippen molar-refractivity contribution in [3.8, 4) is 0 Å². The van der Waals surface area contributed by atoms with Crippen LogP contribution in [0.4, 0.5) is 23.1 Å². The van der Waals surface area contributed by atoms with Gasteiger partial charge in [0.1, 0.15) is 5.82 Å². The van der Waals surface area contributed by atoms with Gasteiger partial charge in [0.15, 0.2) is 0 Å². The van der Waals surface area contributed by atoms with Crippen LogP contribution in [0.2, 0.25) is 0 Å². The summed E-state index contributed by atoms with van der Waals surface area (Å²) in [4.78, 5) is 58.6. The van der Waals surface area contributed by atoms with Gasteiger partial charge < -0.3 is 20.9 Å². The molecule has 1 saturated heterocycles. The zero-order chi connectivity index (χ0) is 22.8. The molecule has 0 spiro atoms. The van der Waals surface area contributed by atoms with Crippen LogP contribution in [0.25, 0.3) is 0 Å². The van der Waals surface area contributed by atoms with Crippen molar-refractivity contribution in [2.75, 3.05) is 33.9 Å². The number of hydrogen-bond acceptors (Lipinski definition) is 6. The molecule has 3 heterocycles. The number of carbonyl (C=O) groups excluding carboxylic acids is 3. The van der Waals surface area contributed by atoms with Crippen molar-refractivity contribution in [3.05, 3.63) is 40.2 Å². The van der Waals surface area contributed by atoms with Crippen LogP contribution in [0.15, 0.2) is 29.1 Å². The topological polar surface area (TPSA) is 136 Å². The Bertz CT molecular complexity index is 1110. The average Bonchev–Trinajstić information content (AvgIpc) is 2.73. The van der Waals surface area contributed by atoms with Gasteiger partial charge in [-0.1, -0.05) is 6.92 Å². The summed E-state index contributed by atoms with van der Waals surface area (Å²) in [6.07, 6.45) is 1.98. The Hall–Kier alpha value is -3.69. The lowest BCUT2D eigenvalue weighted by Crippen LogP contribution is -2.40. The Kier molecular flexibility index (Phi) is 5.93. The fraction of sp³-hybridized carbons (Fsp3) is 0.409. The summed E-state index contributed by atoms with van der Waals surface area (Å²) in [5, 5.41) is 8.04. The van der Waals surface area contributed by atoms with Gasteiger partial charge in [0, 0.05) is 37.8 Å². The van der Waals surface area contributed by atoms with E-state index in [2.05, 4.69) is 32.8 Å². The molecule has 2 unspecified atom stereocenters. The van der Waals surface area contributed by atoms with E-state index in [1.165, 1.54) is 6.92 Å². The number of aromatic amines is 1. The fourth-order valence-corrected chi connectivity index (χ4v) is 4.18. The molecule has 4 rings (SSSR count). The van der Waals surface area contributed by atoms with E-state index in [9.17, 15) is 19.2 Å². The monoisotopic (exact) mass is 438 g/mol. The van der Waals surface area contributed by atoms with Gasteiger partial charge >= 0.3 is 0 Å². The first-order valence-electron chi connectivity index (χ1n) is 10.7. The van der Waals surface area contributed by atoms with Crippen LogP contribution in [0.3, 0.4) is 0 Å². The number of hydrogen-bond donors (Lipinski definition) is 4. The Morgan fingerprint density at radius 1 is 1.12 bits per heavy atom. The highest BCUT2D eigenvalue weighted by atomic mass is 16.2. The van der Waals surface area contributed by atoms with Crippen LogP contribution in [-0.4, -0.2) is 40.8 Å². The Balaban J connectivity index is 1.57. The highest BCUT2D eigenvalue weighted by Crippen LogP contribution is 2.31. The normalized spacial score (nSPS) is 20.2. The highest BCUT2D eigenvalue weighted by molar-refractivity contribution is 6.04. The van der Waals surface area contributed by atoms with Crippen LogP contribution in [0, 0.1) is 5.92 Å². The standard InChI is InChI=1S/C22H26N6O4/c1-12-4-3-9-28(11-12)22-26-19-18(21(32)27-22)16(10-17(30)25-19)20(31)24-15-7-5-14(6-8-15)23-13(2)29/h5-8,12,16H,3-4,9-11H2,1-2H3,(H,23,29)(H,24,31)(H2,25,26,27,30,32). The summed E-state index contributed by atoms with van der Waals surface area (Å²) >= 11 is 0. The first kappa shape index (κ1) is 21.5. The van der Waals surface area contributed by atoms with Crippen molar-refractivity contribution in [2.24, 2.45) is 5.92 Å². The van der Waals surface area contributed by atoms with Crippen LogP contribution in [-0.2, 0) is 14.4 Å². The van der Waals surface area contributed by atoms with Gasteiger partial charge in [-0.3, -0.25) is 24.2 Å². The zero-order valence-corrected chi connectivity index (χ0v) is 18.0. The average molecular weight is 438 g/mol. The maximum absolute atomic E-state index is 13.0. The lowest BCUT2D eigenvalue weighted by molar-refractivity contribution is -0.123. The van der Waals surface area contributed by atoms with Crippen molar-refractivity contribution in [1.29, 1.82) is 0 Å². The van der Waals surface area contributed by atoms with Gasteiger partial charge in [0.25, 0.3) is 5.56 Å². The maximum atomic E-state index is 13.0. The molecule has 0 aliphatic carbocycles. The van der Waals surface area contributed by atoms with E-state index in [0.29, 0.717) is 23.2 Å². The summed E-state index contributed by atoms with van der Waals surface area (Å²) in [5.74, 6) is -0.962. The molecule has 2 aromatic rings. The molecule has 2 aliphatic heterocycles. The number of fused-ring (bicyclic) bond motifs is 1. The number of benzene rings is 1. The summed E-state index contributed by atoms with van der Waals surface area (Å²) in [7, 11) is 0. The van der Waals surface area contributed by atoms with E-state index >= 15 is 0 Å². The lowest BCUT2D eigenvalue weighted by atomic mass is 9.92. The van der Waals surface area contributed by atoms with E-state index in [-0.39, 0.29) is 29.6 Å². The smallest absolute Gasteiger partial charge is 0.258 e. The number of rotatable bonds is 4. The maximum Gasteiger partial charge on any atom is 0.258 e. The van der Waals surface area contributed by atoms with Gasteiger partial charge in [-0.05, 0) is 43.0 Å². The predicted molar refractivity (Wildman–Crippen MR) is 121 cm³/mol. The van der Waals surface area contributed by atoms with E-state index in [1.54, 1.807) is 24.3 Å². The molecule has 10 nitrogen and oxygen atoms in total. The van der Waals surface area contributed by atoms with Crippen molar-refractivity contribution in [2.45, 2.75) is 39.0 Å². The number of carbonyl (C=O) groups is 3. The van der Waals surface area contributed by atoms with Crippen LogP contribution < -0.4 is 26.4 Å². The first-order chi connectivity index (χ1) is 15.3. The van der Waals surface area contributed by atoms with Gasteiger partial charge in [0.05, 0.1) is 11.5 Å². The van der Waals surface area contributed by atoms with Crippen molar-refractivity contribution < 1.29 is 14.4 Å². The second-order valence-electron chi connectivity index (χ2n) is 8.40. The number of aromatic nitrogens is 2. The molecule has 2 atom stereocenters. The molecule has 0 saturated carbocycles. The molecule has 3 amide bonds.